The minimum Gasteiger partial charge on any atom is -0.466 e. The van der Waals surface area contributed by atoms with Gasteiger partial charge in [0.1, 0.15) is 5.60 Å². The van der Waals surface area contributed by atoms with Crippen molar-refractivity contribution in [1.82, 2.24) is 0 Å². The Labute approximate surface area is 242 Å². The second-order valence-corrected chi connectivity index (χ2v) is 11.9. The molecule has 0 saturated carbocycles. The van der Waals surface area contributed by atoms with Crippen LogP contribution in [0.2, 0.25) is 0 Å². The minimum absolute atomic E-state index is 0.0606. The molecule has 1 unspecified atom stereocenters. The first-order chi connectivity index (χ1) is 19.0. The second kappa shape index (κ2) is 28.4. The number of carbonyl (C=O) groups is 2. The highest BCUT2D eigenvalue weighted by Gasteiger charge is 2.28. The van der Waals surface area contributed by atoms with Crippen LogP contribution in [0.4, 0.5) is 0 Å². The molecule has 0 aromatic carbocycles. The van der Waals surface area contributed by atoms with Crippen LogP contribution in [-0.2, 0) is 19.1 Å². The summed E-state index contributed by atoms with van der Waals surface area (Å²) in [4.78, 5) is 24.5. The summed E-state index contributed by atoms with van der Waals surface area (Å²) in [6, 6.07) is 0. The van der Waals surface area contributed by atoms with E-state index in [1.165, 1.54) is 116 Å². The normalized spacial score (nSPS) is 12.8. The average Bonchev–Trinajstić information content (AvgIpc) is 2.90. The number of hydrogen-bond acceptors (Lipinski definition) is 5. The zero-order valence-corrected chi connectivity index (χ0v) is 26.4. The van der Waals surface area contributed by atoms with Crippen molar-refractivity contribution in [2.24, 2.45) is 0 Å². The van der Waals surface area contributed by atoms with Gasteiger partial charge in [0.25, 0.3) is 0 Å². The Bertz CT molecular complexity index is 550. The van der Waals surface area contributed by atoms with Crippen LogP contribution in [0.15, 0.2) is 0 Å². The molecule has 0 aliphatic carbocycles. The van der Waals surface area contributed by atoms with E-state index < -0.39 is 5.60 Å². The quantitative estimate of drug-likeness (QED) is 0.0706. The van der Waals surface area contributed by atoms with Crippen molar-refractivity contribution in [3.8, 4) is 0 Å². The maximum Gasteiger partial charge on any atom is 0.306 e. The molecule has 0 amide bonds. The molecule has 0 bridgehead atoms. The van der Waals surface area contributed by atoms with E-state index in [0.717, 1.165) is 25.7 Å². The van der Waals surface area contributed by atoms with Crippen molar-refractivity contribution < 1.29 is 24.2 Å². The van der Waals surface area contributed by atoms with Crippen LogP contribution in [0.1, 0.15) is 188 Å². The molecule has 0 fully saturated rings. The lowest BCUT2D eigenvalue weighted by Crippen LogP contribution is -2.34. The maximum atomic E-state index is 12.4. The zero-order valence-electron chi connectivity index (χ0n) is 26.4. The molecule has 0 aromatic heterocycles. The Balaban J connectivity index is 3.82. The predicted molar refractivity (Wildman–Crippen MR) is 164 cm³/mol. The summed E-state index contributed by atoms with van der Waals surface area (Å²) in [5.41, 5.74) is -0.791. The number of carbonyl (C=O) groups excluding carboxylic acids is 2. The minimum atomic E-state index is -0.791. The zero-order chi connectivity index (χ0) is 28.9. The van der Waals surface area contributed by atoms with E-state index in [-0.39, 0.29) is 25.2 Å². The third kappa shape index (κ3) is 26.9. The molecule has 0 spiro atoms. The Morgan fingerprint density at radius 1 is 0.538 bits per heavy atom. The standard InChI is InChI=1S/C34H66O5/c1-4-6-8-10-12-14-16-18-20-22-24-26-32(36)38-31-29-34(3,28-30-35)39-33(37)27-25-23-21-19-17-15-13-11-9-7-5-2/h35H,4-31H2,1-3H3. The third-order valence-corrected chi connectivity index (χ3v) is 7.86. The van der Waals surface area contributed by atoms with Gasteiger partial charge >= 0.3 is 11.9 Å². The number of rotatable bonds is 30. The van der Waals surface area contributed by atoms with Gasteiger partial charge < -0.3 is 14.6 Å². The van der Waals surface area contributed by atoms with Gasteiger partial charge in [-0.05, 0) is 19.8 Å². The second-order valence-electron chi connectivity index (χ2n) is 11.9. The van der Waals surface area contributed by atoms with Gasteiger partial charge in [-0.3, -0.25) is 9.59 Å². The van der Waals surface area contributed by atoms with E-state index >= 15 is 0 Å². The number of aliphatic hydroxyl groups is 1. The first-order valence-corrected chi connectivity index (χ1v) is 17.0. The molecule has 0 heterocycles. The van der Waals surface area contributed by atoms with E-state index in [2.05, 4.69) is 13.8 Å². The Morgan fingerprint density at radius 3 is 1.28 bits per heavy atom. The fourth-order valence-electron chi connectivity index (χ4n) is 5.11. The first kappa shape index (κ1) is 37.9. The fourth-order valence-corrected chi connectivity index (χ4v) is 5.11. The first-order valence-electron chi connectivity index (χ1n) is 17.0. The SMILES string of the molecule is CCCCCCCCCCCCCC(=O)OCCC(C)(CCO)OC(=O)CCCCCCCCCCCCC. The highest BCUT2D eigenvalue weighted by atomic mass is 16.6. The molecular weight excluding hydrogens is 488 g/mol. The average molecular weight is 555 g/mol. The summed E-state index contributed by atoms with van der Waals surface area (Å²) in [7, 11) is 0. The smallest absolute Gasteiger partial charge is 0.306 e. The largest absolute Gasteiger partial charge is 0.466 e. The van der Waals surface area contributed by atoms with Gasteiger partial charge in [0.15, 0.2) is 0 Å². The Kier molecular flexibility index (Phi) is 27.6. The number of esters is 2. The van der Waals surface area contributed by atoms with Crippen molar-refractivity contribution in [2.45, 2.75) is 193 Å². The monoisotopic (exact) mass is 554 g/mol. The Hall–Kier alpha value is -1.10. The predicted octanol–water partition coefficient (Wildman–Crippen LogP) is 10.0. The molecule has 5 heteroatoms. The molecule has 0 radical (unpaired) electrons. The summed E-state index contributed by atoms with van der Waals surface area (Å²) in [5.74, 6) is -0.390. The summed E-state index contributed by atoms with van der Waals surface area (Å²) in [6.07, 6.45) is 29.1. The van der Waals surface area contributed by atoms with Crippen molar-refractivity contribution in [1.29, 1.82) is 0 Å². The third-order valence-electron chi connectivity index (χ3n) is 7.86. The molecule has 0 aliphatic rings. The van der Waals surface area contributed by atoms with Gasteiger partial charge in [-0.25, -0.2) is 0 Å². The van der Waals surface area contributed by atoms with Gasteiger partial charge in [-0.1, -0.05) is 142 Å². The molecule has 5 nitrogen and oxygen atoms in total. The Morgan fingerprint density at radius 2 is 0.897 bits per heavy atom. The van der Waals surface area contributed by atoms with Crippen LogP contribution in [0, 0.1) is 0 Å². The summed E-state index contributed by atoms with van der Waals surface area (Å²) in [6.45, 7) is 6.50. The van der Waals surface area contributed by atoms with E-state index in [9.17, 15) is 14.7 Å². The number of unbranched alkanes of at least 4 members (excludes halogenated alkanes) is 20. The van der Waals surface area contributed by atoms with Crippen molar-refractivity contribution in [3.05, 3.63) is 0 Å². The summed E-state index contributed by atoms with van der Waals surface area (Å²) < 4.78 is 11.2. The van der Waals surface area contributed by atoms with Gasteiger partial charge in [0.05, 0.1) is 6.61 Å². The van der Waals surface area contributed by atoms with E-state index in [0.29, 0.717) is 25.7 Å². The van der Waals surface area contributed by atoms with Gasteiger partial charge in [0.2, 0.25) is 0 Å². The molecule has 0 saturated heterocycles. The highest BCUT2D eigenvalue weighted by molar-refractivity contribution is 5.70. The maximum absolute atomic E-state index is 12.4. The molecule has 0 aliphatic heterocycles. The lowest BCUT2D eigenvalue weighted by Gasteiger charge is -2.29. The lowest BCUT2D eigenvalue weighted by molar-refractivity contribution is -0.162. The van der Waals surface area contributed by atoms with Gasteiger partial charge in [0, 0.05) is 32.3 Å². The van der Waals surface area contributed by atoms with Crippen LogP contribution in [-0.4, -0.2) is 35.9 Å². The molecule has 0 aromatic rings. The molecule has 1 N–H and O–H groups in total. The van der Waals surface area contributed by atoms with E-state index in [4.69, 9.17) is 9.47 Å². The van der Waals surface area contributed by atoms with Gasteiger partial charge in [-0.15, -0.1) is 0 Å². The van der Waals surface area contributed by atoms with Crippen molar-refractivity contribution >= 4 is 11.9 Å². The lowest BCUT2D eigenvalue weighted by atomic mass is 9.98. The van der Waals surface area contributed by atoms with Crippen LogP contribution in [0.3, 0.4) is 0 Å². The number of hydrogen-bond donors (Lipinski definition) is 1. The van der Waals surface area contributed by atoms with E-state index in [1.807, 2.05) is 6.92 Å². The van der Waals surface area contributed by atoms with Crippen LogP contribution >= 0.6 is 0 Å². The number of aliphatic hydroxyl groups excluding tert-OH is 1. The fraction of sp³-hybridized carbons (Fsp3) is 0.941. The molecule has 1 atom stereocenters. The van der Waals surface area contributed by atoms with Crippen LogP contribution in [0.5, 0.6) is 0 Å². The number of ether oxygens (including phenoxy) is 2. The summed E-state index contributed by atoms with van der Waals surface area (Å²) >= 11 is 0. The van der Waals surface area contributed by atoms with Crippen LogP contribution < -0.4 is 0 Å². The molecule has 232 valence electrons. The molecule has 0 rings (SSSR count). The molecule has 39 heavy (non-hydrogen) atoms. The topological polar surface area (TPSA) is 72.8 Å². The van der Waals surface area contributed by atoms with Crippen molar-refractivity contribution in [2.75, 3.05) is 13.2 Å². The molecular formula is C34H66O5. The highest BCUT2D eigenvalue weighted by Crippen LogP contribution is 2.22. The van der Waals surface area contributed by atoms with Crippen LogP contribution in [0.25, 0.3) is 0 Å². The summed E-state index contributed by atoms with van der Waals surface area (Å²) in [5, 5.41) is 9.47. The van der Waals surface area contributed by atoms with Crippen molar-refractivity contribution in [3.63, 3.8) is 0 Å². The van der Waals surface area contributed by atoms with E-state index in [1.54, 1.807) is 0 Å². The van der Waals surface area contributed by atoms with Gasteiger partial charge in [-0.2, -0.15) is 0 Å².